The van der Waals surface area contributed by atoms with Crippen LogP contribution in [0.25, 0.3) is 0 Å². The fourth-order valence-electron chi connectivity index (χ4n) is 6.57. The summed E-state index contributed by atoms with van der Waals surface area (Å²) in [5.41, 5.74) is 1.14. The Balaban J connectivity index is 1.94. The average molecular weight is 500 g/mol. The lowest BCUT2D eigenvalue weighted by Gasteiger charge is -2.52. The van der Waals surface area contributed by atoms with Crippen molar-refractivity contribution in [2.45, 2.75) is 152 Å². The van der Waals surface area contributed by atoms with Crippen molar-refractivity contribution in [1.29, 1.82) is 0 Å². The van der Waals surface area contributed by atoms with Gasteiger partial charge in [0.2, 0.25) is 0 Å². The Labute approximate surface area is 225 Å². The highest BCUT2D eigenvalue weighted by molar-refractivity contribution is 5.31. The van der Waals surface area contributed by atoms with E-state index in [1.165, 1.54) is 76.0 Å². The smallest absolute Gasteiger partial charge is 0.107 e. The van der Waals surface area contributed by atoms with E-state index in [0.29, 0.717) is 34.9 Å². The second-order valence-electron chi connectivity index (χ2n) is 15.0. The van der Waals surface area contributed by atoms with Gasteiger partial charge in [-0.1, -0.05) is 53.9 Å². The lowest BCUT2D eigenvalue weighted by atomic mass is 9.67. The van der Waals surface area contributed by atoms with Crippen LogP contribution in [0.4, 0.5) is 0 Å². The Morgan fingerprint density at radius 3 is 1.67 bits per heavy atom. The molecule has 3 nitrogen and oxygen atoms in total. The van der Waals surface area contributed by atoms with Gasteiger partial charge in [0.25, 0.3) is 0 Å². The molecule has 36 heavy (non-hydrogen) atoms. The van der Waals surface area contributed by atoms with Crippen molar-refractivity contribution in [2.24, 2.45) is 22.2 Å². The van der Waals surface area contributed by atoms with Crippen LogP contribution < -0.4 is 0 Å². The maximum Gasteiger partial charge on any atom is 0.107 e. The van der Waals surface area contributed by atoms with E-state index in [4.69, 9.17) is 0 Å². The van der Waals surface area contributed by atoms with E-state index < -0.39 is 0 Å². The van der Waals surface area contributed by atoms with Crippen molar-refractivity contribution in [3.63, 3.8) is 0 Å². The molecule has 0 aromatic rings. The van der Waals surface area contributed by atoms with Crippen LogP contribution in [-0.2, 0) is 0 Å². The molecule has 3 rings (SSSR count). The first kappa shape index (κ1) is 29.4. The molecule has 3 heteroatoms. The summed E-state index contributed by atoms with van der Waals surface area (Å²) in [4.78, 5) is 8.22. The second-order valence-corrected chi connectivity index (χ2v) is 15.0. The highest BCUT2D eigenvalue weighted by Crippen LogP contribution is 2.50. The summed E-state index contributed by atoms with van der Waals surface area (Å²) in [6.07, 6.45) is 17.6. The molecule has 2 fully saturated rings. The molecule has 1 unspecified atom stereocenters. The molecule has 1 aliphatic heterocycles. The molecule has 0 aromatic carbocycles. The van der Waals surface area contributed by atoms with E-state index in [0.717, 1.165) is 6.54 Å². The van der Waals surface area contributed by atoms with Gasteiger partial charge in [-0.3, -0.25) is 0 Å². The number of allylic oxidation sites excluding steroid dienone is 2. The van der Waals surface area contributed by atoms with Crippen LogP contribution in [0.2, 0.25) is 0 Å². The van der Waals surface area contributed by atoms with Gasteiger partial charge in [-0.05, 0) is 109 Å². The predicted octanol–water partition coefficient (Wildman–Crippen LogP) is 9.03. The minimum absolute atomic E-state index is 0.253. The van der Waals surface area contributed by atoms with Crippen LogP contribution >= 0.6 is 0 Å². The summed E-state index contributed by atoms with van der Waals surface area (Å²) in [5.74, 6) is 3.67. The number of nitrogens with zero attached hydrogens (tertiary/aromatic N) is 3. The fourth-order valence-corrected chi connectivity index (χ4v) is 6.57. The van der Waals surface area contributed by atoms with Crippen molar-refractivity contribution >= 4 is 0 Å². The van der Waals surface area contributed by atoms with E-state index in [2.05, 4.69) is 103 Å². The Bertz CT molecular complexity index is 771. The lowest BCUT2D eigenvalue weighted by Crippen LogP contribution is -2.51. The molecule has 0 saturated heterocycles. The molecule has 2 saturated carbocycles. The molecule has 1 spiro atoms. The third-order valence-corrected chi connectivity index (χ3v) is 10.0. The van der Waals surface area contributed by atoms with E-state index in [1.807, 2.05) is 0 Å². The Morgan fingerprint density at radius 2 is 1.28 bits per heavy atom. The monoisotopic (exact) mass is 499 g/mol. The molecule has 1 heterocycles. The van der Waals surface area contributed by atoms with Crippen molar-refractivity contribution in [1.82, 2.24) is 14.7 Å². The third kappa shape index (κ3) is 6.65. The summed E-state index contributed by atoms with van der Waals surface area (Å²) in [6.45, 7) is 28.9. The molecule has 208 valence electrons. The minimum atomic E-state index is 0.253. The predicted molar refractivity (Wildman–Crippen MR) is 158 cm³/mol. The van der Waals surface area contributed by atoms with E-state index in [9.17, 15) is 0 Å². The van der Waals surface area contributed by atoms with Crippen LogP contribution in [0.3, 0.4) is 0 Å². The average Bonchev–Trinajstić information content (AvgIpc) is 3.17. The maximum atomic E-state index is 2.77. The molecule has 0 radical (unpaired) electrons. The van der Waals surface area contributed by atoms with E-state index >= 15 is 0 Å². The van der Waals surface area contributed by atoms with E-state index in [-0.39, 0.29) is 5.41 Å². The van der Waals surface area contributed by atoms with E-state index in [1.54, 1.807) is 0 Å². The standard InChI is InChI=1S/C33H61N3/c1-25(2)34(21-15-28(7)31(8,9)10)29-23-33(18-14-19-33)24-30(36(29)27(5)6)35(26(3)4)22-20-32(11)16-12-13-17-32/h23-28H,12-22H2,1-11H3. The minimum Gasteiger partial charge on any atom is -0.356 e. The first-order valence-electron chi connectivity index (χ1n) is 15.5. The lowest BCUT2D eigenvalue weighted by molar-refractivity contribution is 0.0887. The van der Waals surface area contributed by atoms with Crippen LogP contribution in [-0.4, -0.2) is 45.9 Å². The van der Waals surface area contributed by atoms with Crippen molar-refractivity contribution in [3.05, 3.63) is 23.8 Å². The van der Waals surface area contributed by atoms with Crippen LogP contribution in [0.15, 0.2) is 23.8 Å². The zero-order valence-corrected chi connectivity index (χ0v) is 26.1. The SMILES string of the molecule is CC(C)N(CCC(C)C(C)(C)C)C1=CC2(C=C(N(CCC3(C)CCCC3)C(C)C)N1C(C)C)CCC2. The number of hydrogen-bond acceptors (Lipinski definition) is 3. The molecule has 0 aromatic heterocycles. The molecule has 2 aliphatic carbocycles. The van der Waals surface area contributed by atoms with Crippen molar-refractivity contribution in [3.8, 4) is 0 Å². The fraction of sp³-hybridized carbons (Fsp3) is 0.879. The largest absolute Gasteiger partial charge is 0.356 e. The van der Waals surface area contributed by atoms with Gasteiger partial charge in [0.1, 0.15) is 11.6 Å². The second kappa shape index (κ2) is 11.3. The Morgan fingerprint density at radius 1 is 0.778 bits per heavy atom. The molecule has 3 aliphatic rings. The van der Waals surface area contributed by atoms with Gasteiger partial charge >= 0.3 is 0 Å². The maximum absolute atomic E-state index is 2.77. The molecular weight excluding hydrogens is 438 g/mol. The van der Waals surface area contributed by atoms with Crippen molar-refractivity contribution < 1.29 is 0 Å². The van der Waals surface area contributed by atoms with Crippen LogP contribution in [0.1, 0.15) is 134 Å². The Hall–Kier alpha value is -1.12. The highest BCUT2D eigenvalue weighted by Gasteiger charge is 2.43. The first-order valence-corrected chi connectivity index (χ1v) is 15.5. The topological polar surface area (TPSA) is 9.72 Å². The third-order valence-electron chi connectivity index (χ3n) is 10.0. The molecule has 0 N–H and O–H groups in total. The summed E-state index contributed by atoms with van der Waals surface area (Å²) in [5, 5.41) is 0. The van der Waals surface area contributed by atoms with Gasteiger partial charge in [0, 0.05) is 36.6 Å². The zero-order chi connectivity index (χ0) is 26.9. The molecule has 1 atom stereocenters. The first-order chi connectivity index (χ1) is 16.7. The highest BCUT2D eigenvalue weighted by atomic mass is 15.4. The zero-order valence-electron chi connectivity index (χ0n) is 26.1. The van der Waals surface area contributed by atoms with Crippen molar-refractivity contribution in [2.75, 3.05) is 13.1 Å². The quantitative estimate of drug-likeness (QED) is 0.281. The Kier molecular flexibility index (Phi) is 9.26. The summed E-state index contributed by atoms with van der Waals surface area (Å²) >= 11 is 0. The summed E-state index contributed by atoms with van der Waals surface area (Å²) in [7, 11) is 0. The summed E-state index contributed by atoms with van der Waals surface area (Å²) < 4.78 is 0. The molecular formula is C33H61N3. The van der Waals surface area contributed by atoms with Crippen LogP contribution in [0.5, 0.6) is 0 Å². The van der Waals surface area contributed by atoms with Gasteiger partial charge in [0.05, 0.1) is 0 Å². The summed E-state index contributed by atoms with van der Waals surface area (Å²) in [6, 6.07) is 1.43. The van der Waals surface area contributed by atoms with Gasteiger partial charge in [0.15, 0.2) is 0 Å². The van der Waals surface area contributed by atoms with Crippen LogP contribution in [0, 0.1) is 22.2 Å². The molecule has 0 amide bonds. The molecule has 0 bridgehead atoms. The van der Waals surface area contributed by atoms with Gasteiger partial charge in [-0.25, -0.2) is 0 Å². The van der Waals surface area contributed by atoms with Gasteiger partial charge in [-0.15, -0.1) is 0 Å². The normalized spacial score (nSPS) is 22.2. The van der Waals surface area contributed by atoms with Gasteiger partial charge < -0.3 is 14.7 Å². The van der Waals surface area contributed by atoms with Gasteiger partial charge in [-0.2, -0.15) is 0 Å². The number of hydrogen-bond donors (Lipinski definition) is 0. The number of rotatable bonds is 11.